The molecule has 0 fully saturated rings. The molecule has 1 heterocycles. The zero-order chi connectivity index (χ0) is 11.1. The van der Waals surface area contributed by atoms with Crippen LogP contribution in [0.25, 0.3) is 0 Å². The predicted molar refractivity (Wildman–Crippen MR) is 62.1 cm³/mol. The van der Waals surface area contributed by atoms with E-state index in [9.17, 15) is 0 Å². The topological polar surface area (TPSA) is 35.2 Å². The van der Waals surface area contributed by atoms with Crippen molar-refractivity contribution in [3.05, 3.63) is 29.3 Å². The first-order valence-corrected chi connectivity index (χ1v) is 5.55. The van der Waals surface area contributed by atoms with E-state index in [1.54, 1.807) is 0 Å². The van der Waals surface area contributed by atoms with E-state index in [0.717, 1.165) is 18.6 Å². The molecule has 2 heteroatoms. The van der Waals surface area contributed by atoms with Gasteiger partial charge in [-0.25, -0.2) is 0 Å². The van der Waals surface area contributed by atoms with Gasteiger partial charge in [0.15, 0.2) is 0 Å². The molecule has 1 aliphatic heterocycles. The Morgan fingerprint density at radius 2 is 2.13 bits per heavy atom. The number of rotatable bonds is 1. The van der Waals surface area contributed by atoms with Crippen molar-refractivity contribution in [3.63, 3.8) is 0 Å². The summed E-state index contributed by atoms with van der Waals surface area (Å²) in [4.78, 5) is 0. The molecule has 1 aromatic carbocycles. The third kappa shape index (κ3) is 2.15. The molecule has 82 valence electrons. The minimum Gasteiger partial charge on any atom is -0.488 e. The van der Waals surface area contributed by atoms with Crippen molar-refractivity contribution in [3.8, 4) is 5.75 Å². The Kier molecular flexibility index (Phi) is 2.47. The molecule has 0 spiro atoms. The molecule has 0 aromatic heterocycles. The summed E-state index contributed by atoms with van der Waals surface area (Å²) in [6.07, 6.45) is 2.16. The van der Waals surface area contributed by atoms with Gasteiger partial charge in [-0.05, 0) is 50.8 Å². The maximum atomic E-state index is 5.91. The van der Waals surface area contributed by atoms with Gasteiger partial charge in [0.25, 0.3) is 0 Å². The SMILES string of the molecule is CC(N)c1ccc2c(c1)CCC(C)(C)O2. The van der Waals surface area contributed by atoms with Crippen LogP contribution in [-0.2, 0) is 6.42 Å². The predicted octanol–water partition coefficient (Wildman–Crippen LogP) is 2.81. The van der Waals surface area contributed by atoms with Crippen LogP contribution in [0.3, 0.4) is 0 Å². The number of hydrogen-bond acceptors (Lipinski definition) is 2. The van der Waals surface area contributed by atoms with Crippen LogP contribution >= 0.6 is 0 Å². The van der Waals surface area contributed by atoms with Crippen molar-refractivity contribution in [2.45, 2.75) is 45.3 Å². The van der Waals surface area contributed by atoms with Crippen molar-refractivity contribution in [2.24, 2.45) is 5.73 Å². The lowest BCUT2D eigenvalue weighted by atomic mass is 9.92. The Balaban J connectivity index is 2.32. The Hall–Kier alpha value is -1.02. The number of fused-ring (bicyclic) bond motifs is 1. The fraction of sp³-hybridized carbons (Fsp3) is 0.538. The van der Waals surface area contributed by atoms with E-state index in [2.05, 4.69) is 32.0 Å². The minimum atomic E-state index is -0.0250. The summed E-state index contributed by atoms with van der Waals surface area (Å²) in [6.45, 7) is 6.28. The van der Waals surface area contributed by atoms with Crippen molar-refractivity contribution in [2.75, 3.05) is 0 Å². The lowest BCUT2D eigenvalue weighted by molar-refractivity contribution is 0.0846. The van der Waals surface area contributed by atoms with Crippen LogP contribution in [0.2, 0.25) is 0 Å². The molecule has 1 aliphatic rings. The van der Waals surface area contributed by atoms with E-state index in [1.165, 1.54) is 11.1 Å². The van der Waals surface area contributed by atoms with E-state index in [4.69, 9.17) is 10.5 Å². The normalized spacial score (nSPS) is 20.3. The zero-order valence-corrected chi connectivity index (χ0v) is 9.71. The Labute approximate surface area is 91.4 Å². The van der Waals surface area contributed by atoms with Gasteiger partial charge in [-0.2, -0.15) is 0 Å². The zero-order valence-electron chi connectivity index (χ0n) is 9.71. The highest BCUT2D eigenvalue weighted by Gasteiger charge is 2.26. The van der Waals surface area contributed by atoms with Crippen molar-refractivity contribution < 1.29 is 4.74 Å². The lowest BCUT2D eigenvalue weighted by Crippen LogP contribution is -2.32. The molecule has 0 aliphatic carbocycles. The van der Waals surface area contributed by atoms with Crippen LogP contribution < -0.4 is 10.5 Å². The third-order valence-electron chi connectivity index (χ3n) is 2.99. The molecule has 2 rings (SSSR count). The molecule has 0 radical (unpaired) electrons. The largest absolute Gasteiger partial charge is 0.488 e. The van der Waals surface area contributed by atoms with Gasteiger partial charge in [0, 0.05) is 6.04 Å². The second-order valence-corrected chi connectivity index (χ2v) is 5.02. The standard InChI is InChI=1S/C13H19NO/c1-9(14)10-4-5-12-11(8-10)6-7-13(2,3)15-12/h4-5,8-9H,6-7,14H2,1-3H3. The first kappa shape index (κ1) is 10.5. The van der Waals surface area contributed by atoms with E-state index in [1.807, 2.05) is 6.92 Å². The summed E-state index contributed by atoms with van der Waals surface area (Å²) in [5.74, 6) is 1.02. The molecule has 0 bridgehead atoms. The fourth-order valence-corrected chi connectivity index (χ4v) is 1.96. The van der Waals surface area contributed by atoms with Crippen LogP contribution in [0.4, 0.5) is 0 Å². The number of aryl methyl sites for hydroxylation is 1. The number of hydrogen-bond donors (Lipinski definition) is 1. The van der Waals surface area contributed by atoms with Crippen LogP contribution in [0, 0.1) is 0 Å². The van der Waals surface area contributed by atoms with Crippen molar-refractivity contribution >= 4 is 0 Å². The fourth-order valence-electron chi connectivity index (χ4n) is 1.96. The lowest BCUT2D eigenvalue weighted by Gasteiger charge is -2.32. The minimum absolute atomic E-state index is 0.0250. The van der Waals surface area contributed by atoms with Crippen LogP contribution in [0.5, 0.6) is 5.75 Å². The van der Waals surface area contributed by atoms with Crippen LogP contribution in [-0.4, -0.2) is 5.60 Å². The van der Waals surface area contributed by atoms with Crippen LogP contribution in [0.15, 0.2) is 18.2 Å². The highest BCUT2D eigenvalue weighted by Crippen LogP contribution is 2.34. The summed E-state index contributed by atoms with van der Waals surface area (Å²) in [6, 6.07) is 6.39. The number of benzene rings is 1. The molecule has 1 unspecified atom stereocenters. The molecule has 2 N–H and O–H groups in total. The van der Waals surface area contributed by atoms with Gasteiger partial charge in [-0.15, -0.1) is 0 Å². The van der Waals surface area contributed by atoms with Gasteiger partial charge < -0.3 is 10.5 Å². The van der Waals surface area contributed by atoms with Gasteiger partial charge in [-0.1, -0.05) is 12.1 Å². The molecule has 1 aromatic rings. The second kappa shape index (κ2) is 3.53. The smallest absolute Gasteiger partial charge is 0.123 e. The maximum absolute atomic E-state index is 5.91. The van der Waals surface area contributed by atoms with E-state index in [0.29, 0.717) is 0 Å². The summed E-state index contributed by atoms with van der Waals surface area (Å²) < 4.78 is 5.91. The summed E-state index contributed by atoms with van der Waals surface area (Å²) in [7, 11) is 0. The molecular formula is C13H19NO. The molecule has 15 heavy (non-hydrogen) atoms. The average Bonchev–Trinajstić information content (AvgIpc) is 2.15. The number of ether oxygens (including phenoxy) is 1. The first-order chi connectivity index (χ1) is 6.98. The Bertz CT molecular complexity index is 369. The maximum Gasteiger partial charge on any atom is 0.123 e. The summed E-state index contributed by atoms with van der Waals surface area (Å²) in [5.41, 5.74) is 8.32. The van der Waals surface area contributed by atoms with E-state index >= 15 is 0 Å². The van der Waals surface area contributed by atoms with Gasteiger partial charge in [0.1, 0.15) is 11.4 Å². The van der Waals surface area contributed by atoms with Gasteiger partial charge in [0.05, 0.1) is 0 Å². The average molecular weight is 205 g/mol. The first-order valence-electron chi connectivity index (χ1n) is 5.55. The van der Waals surface area contributed by atoms with Gasteiger partial charge >= 0.3 is 0 Å². The molecule has 0 amide bonds. The van der Waals surface area contributed by atoms with Crippen molar-refractivity contribution in [1.82, 2.24) is 0 Å². The molecule has 0 saturated heterocycles. The highest BCUT2D eigenvalue weighted by atomic mass is 16.5. The Morgan fingerprint density at radius 3 is 2.80 bits per heavy atom. The van der Waals surface area contributed by atoms with Gasteiger partial charge in [-0.3, -0.25) is 0 Å². The molecule has 2 nitrogen and oxygen atoms in total. The summed E-state index contributed by atoms with van der Waals surface area (Å²) >= 11 is 0. The quantitative estimate of drug-likeness (QED) is 0.765. The van der Waals surface area contributed by atoms with Crippen LogP contribution in [0.1, 0.15) is 44.4 Å². The third-order valence-corrected chi connectivity index (χ3v) is 2.99. The number of nitrogens with two attached hydrogens (primary N) is 1. The highest BCUT2D eigenvalue weighted by molar-refractivity contribution is 5.40. The molecule has 0 saturated carbocycles. The Morgan fingerprint density at radius 1 is 1.40 bits per heavy atom. The second-order valence-electron chi connectivity index (χ2n) is 5.02. The summed E-state index contributed by atoms with van der Waals surface area (Å²) in [5, 5.41) is 0. The van der Waals surface area contributed by atoms with E-state index in [-0.39, 0.29) is 11.6 Å². The van der Waals surface area contributed by atoms with E-state index < -0.39 is 0 Å². The van der Waals surface area contributed by atoms with Gasteiger partial charge in [0.2, 0.25) is 0 Å². The monoisotopic (exact) mass is 205 g/mol. The molecule has 1 atom stereocenters. The van der Waals surface area contributed by atoms with Crippen molar-refractivity contribution in [1.29, 1.82) is 0 Å². The molecular weight excluding hydrogens is 186 g/mol.